The number of aliphatic carboxylic acids is 1. The van der Waals surface area contributed by atoms with E-state index in [-0.39, 0.29) is 12.4 Å². The minimum Gasteiger partial charge on any atom is -0.479 e. The van der Waals surface area contributed by atoms with Crippen LogP contribution in [0.1, 0.15) is 53.5 Å². The van der Waals surface area contributed by atoms with Crippen molar-refractivity contribution in [3.8, 4) is 0 Å². The molecule has 5 heteroatoms. The smallest absolute Gasteiger partial charge is 0.335 e. The molecule has 0 amide bonds. The van der Waals surface area contributed by atoms with Crippen LogP contribution in [0.15, 0.2) is 72.4 Å². The lowest BCUT2D eigenvalue weighted by molar-refractivity contribution is -0.162. The minimum atomic E-state index is -1.22. The monoisotopic (exact) mass is 431 g/mol. The maximum Gasteiger partial charge on any atom is 0.335 e. The van der Waals surface area contributed by atoms with Crippen molar-refractivity contribution < 1.29 is 19.4 Å². The van der Waals surface area contributed by atoms with Crippen molar-refractivity contribution in [1.82, 2.24) is 4.57 Å². The molecular formula is C27H29NO4. The minimum absolute atomic E-state index is 0.0106. The van der Waals surface area contributed by atoms with E-state index < -0.39 is 11.6 Å². The number of hydrogen-bond acceptors (Lipinski definition) is 3. The number of benzene rings is 2. The topological polar surface area (TPSA) is 68.5 Å². The first kappa shape index (κ1) is 23.2. The molecule has 0 aliphatic heterocycles. The van der Waals surface area contributed by atoms with Gasteiger partial charge >= 0.3 is 5.97 Å². The van der Waals surface area contributed by atoms with Crippen LogP contribution in [0.4, 0.5) is 0 Å². The van der Waals surface area contributed by atoms with Crippen LogP contribution >= 0.6 is 0 Å². The fourth-order valence-electron chi connectivity index (χ4n) is 3.25. The first-order chi connectivity index (χ1) is 15.2. The van der Waals surface area contributed by atoms with E-state index in [1.54, 1.807) is 0 Å². The maximum atomic E-state index is 12.9. The van der Waals surface area contributed by atoms with Crippen LogP contribution in [0, 0.1) is 6.92 Å². The predicted molar refractivity (Wildman–Crippen MR) is 126 cm³/mol. The molecule has 0 bridgehead atoms. The number of carbonyl (C=O) groups is 2. The van der Waals surface area contributed by atoms with Gasteiger partial charge in [-0.05, 0) is 51.0 Å². The van der Waals surface area contributed by atoms with Gasteiger partial charge in [0.2, 0.25) is 5.78 Å². The summed E-state index contributed by atoms with van der Waals surface area (Å²) in [7, 11) is 0. The molecule has 1 aromatic heterocycles. The average Bonchev–Trinajstić information content (AvgIpc) is 3.21. The molecule has 0 unspecified atom stereocenters. The fraction of sp³-hybridized carbons (Fsp3) is 0.259. The number of aromatic nitrogens is 1. The highest BCUT2D eigenvalue weighted by molar-refractivity contribution is 6.08. The van der Waals surface area contributed by atoms with E-state index in [0.29, 0.717) is 17.8 Å². The Labute approximate surface area is 189 Å². The van der Waals surface area contributed by atoms with Gasteiger partial charge in [0.15, 0.2) is 5.60 Å². The largest absolute Gasteiger partial charge is 0.479 e. The molecule has 166 valence electrons. The summed E-state index contributed by atoms with van der Waals surface area (Å²) in [6, 6.07) is 19.2. The Balaban J connectivity index is 1.66. The highest BCUT2D eigenvalue weighted by Crippen LogP contribution is 2.17. The number of carbonyl (C=O) groups excluding carboxylic acids is 1. The van der Waals surface area contributed by atoms with E-state index in [0.717, 1.165) is 22.3 Å². The zero-order valence-electron chi connectivity index (χ0n) is 19.0. The normalized spacial score (nSPS) is 12.1. The standard InChI is InChI=1S/C27H29NO4/c1-19-7-13-23(14-8-19)25(29)24-6-5-15-28(24)17-20(2)16-21-9-11-22(12-10-21)18-32-27(3,4)26(30)31/h5-16H,17-18H2,1-4H3,(H,30,31). The molecule has 0 fully saturated rings. The number of carboxylic acids is 1. The highest BCUT2D eigenvalue weighted by Gasteiger charge is 2.27. The molecule has 1 heterocycles. The molecule has 3 aromatic rings. The van der Waals surface area contributed by atoms with Gasteiger partial charge in [-0.25, -0.2) is 4.79 Å². The van der Waals surface area contributed by atoms with Crippen LogP contribution in [0.3, 0.4) is 0 Å². The van der Waals surface area contributed by atoms with Gasteiger partial charge in [0.05, 0.1) is 12.3 Å². The van der Waals surface area contributed by atoms with Crippen LogP contribution in [0.25, 0.3) is 6.08 Å². The van der Waals surface area contributed by atoms with Crippen molar-refractivity contribution in [3.63, 3.8) is 0 Å². The van der Waals surface area contributed by atoms with Gasteiger partial charge in [0.25, 0.3) is 0 Å². The quantitative estimate of drug-likeness (QED) is 0.454. The van der Waals surface area contributed by atoms with Crippen molar-refractivity contribution in [3.05, 3.63) is 100 Å². The lowest BCUT2D eigenvalue weighted by Crippen LogP contribution is -2.34. The van der Waals surface area contributed by atoms with Crippen molar-refractivity contribution in [2.75, 3.05) is 0 Å². The summed E-state index contributed by atoms with van der Waals surface area (Å²) < 4.78 is 7.46. The Kier molecular flexibility index (Phi) is 7.11. The second-order valence-corrected chi connectivity index (χ2v) is 8.55. The Bertz CT molecular complexity index is 1120. The third kappa shape index (κ3) is 5.83. The maximum absolute atomic E-state index is 12.9. The number of carboxylic acid groups (broad SMARTS) is 1. The number of allylic oxidation sites excluding steroid dienone is 1. The van der Waals surface area contributed by atoms with E-state index in [9.17, 15) is 9.59 Å². The van der Waals surface area contributed by atoms with Crippen LogP contribution in [0.5, 0.6) is 0 Å². The van der Waals surface area contributed by atoms with Gasteiger partial charge in [0, 0.05) is 18.3 Å². The Morgan fingerprint density at radius 1 is 1.03 bits per heavy atom. The second kappa shape index (κ2) is 9.79. The lowest BCUT2D eigenvalue weighted by atomic mass is 10.1. The second-order valence-electron chi connectivity index (χ2n) is 8.55. The summed E-state index contributed by atoms with van der Waals surface area (Å²) in [6.07, 6.45) is 4.00. The van der Waals surface area contributed by atoms with Gasteiger partial charge in [0.1, 0.15) is 0 Å². The summed E-state index contributed by atoms with van der Waals surface area (Å²) in [5.41, 5.74) is 4.29. The number of nitrogens with zero attached hydrogens (tertiary/aromatic N) is 1. The summed E-state index contributed by atoms with van der Waals surface area (Å²) in [4.78, 5) is 24.1. The lowest BCUT2D eigenvalue weighted by Gasteiger charge is -2.20. The molecule has 1 N–H and O–H groups in total. The van der Waals surface area contributed by atoms with Crippen LogP contribution in [-0.4, -0.2) is 27.0 Å². The van der Waals surface area contributed by atoms with Gasteiger partial charge in [-0.3, -0.25) is 4.79 Å². The van der Waals surface area contributed by atoms with Gasteiger partial charge < -0.3 is 14.4 Å². The number of ketones is 1. The van der Waals surface area contributed by atoms with Crippen LogP contribution < -0.4 is 0 Å². The fourth-order valence-corrected chi connectivity index (χ4v) is 3.25. The summed E-state index contributed by atoms with van der Waals surface area (Å²) in [6.45, 7) is 7.95. The Morgan fingerprint density at radius 2 is 1.69 bits per heavy atom. The van der Waals surface area contributed by atoms with E-state index in [2.05, 4.69) is 6.08 Å². The van der Waals surface area contributed by atoms with Crippen molar-refractivity contribution >= 4 is 17.8 Å². The number of rotatable bonds is 9. The summed E-state index contributed by atoms with van der Waals surface area (Å²) in [5, 5.41) is 9.14. The van der Waals surface area contributed by atoms with Crippen molar-refractivity contribution in [2.24, 2.45) is 0 Å². The summed E-state index contributed by atoms with van der Waals surface area (Å²) >= 11 is 0. The van der Waals surface area contributed by atoms with Crippen molar-refractivity contribution in [2.45, 2.75) is 46.4 Å². The summed E-state index contributed by atoms with van der Waals surface area (Å²) in [5.74, 6) is -0.977. The third-order valence-electron chi connectivity index (χ3n) is 5.30. The molecular weight excluding hydrogens is 402 g/mol. The molecule has 3 rings (SSSR count). The van der Waals surface area contributed by atoms with E-state index in [1.165, 1.54) is 13.8 Å². The molecule has 32 heavy (non-hydrogen) atoms. The molecule has 0 aliphatic rings. The number of ether oxygens (including phenoxy) is 1. The Morgan fingerprint density at radius 3 is 2.31 bits per heavy atom. The molecule has 0 saturated carbocycles. The third-order valence-corrected chi connectivity index (χ3v) is 5.30. The molecule has 0 saturated heterocycles. The number of aryl methyl sites for hydroxylation is 1. The Hall–Kier alpha value is -3.44. The number of hydrogen-bond donors (Lipinski definition) is 1. The zero-order valence-corrected chi connectivity index (χ0v) is 19.0. The highest BCUT2D eigenvalue weighted by atomic mass is 16.5. The SMILES string of the molecule is CC(=Cc1ccc(COC(C)(C)C(=O)O)cc1)Cn1cccc1C(=O)c1ccc(C)cc1. The predicted octanol–water partition coefficient (Wildman–Crippen LogP) is 5.51. The zero-order chi connectivity index (χ0) is 23.3. The van der Waals surface area contributed by atoms with Gasteiger partial charge in [-0.15, -0.1) is 0 Å². The molecule has 5 nitrogen and oxygen atoms in total. The van der Waals surface area contributed by atoms with E-state index >= 15 is 0 Å². The van der Waals surface area contributed by atoms with Crippen molar-refractivity contribution in [1.29, 1.82) is 0 Å². The molecule has 0 spiro atoms. The first-order valence-corrected chi connectivity index (χ1v) is 10.6. The van der Waals surface area contributed by atoms with Crippen LogP contribution in [-0.2, 0) is 22.7 Å². The molecule has 0 aliphatic carbocycles. The average molecular weight is 432 g/mol. The van der Waals surface area contributed by atoms with Gasteiger partial charge in [-0.1, -0.05) is 65.7 Å². The first-order valence-electron chi connectivity index (χ1n) is 10.6. The molecule has 0 radical (unpaired) electrons. The van der Waals surface area contributed by atoms with Gasteiger partial charge in [-0.2, -0.15) is 0 Å². The van der Waals surface area contributed by atoms with E-state index in [1.807, 2.05) is 85.3 Å². The van der Waals surface area contributed by atoms with Crippen LogP contribution in [0.2, 0.25) is 0 Å². The molecule has 2 aromatic carbocycles. The van der Waals surface area contributed by atoms with E-state index in [4.69, 9.17) is 9.84 Å². The molecule has 0 atom stereocenters.